The van der Waals surface area contributed by atoms with Gasteiger partial charge in [-0.25, -0.2) is 0 Å². The molecule has 0 bridgehead atoms. The van der Waals surface area contributed by atoms with Gasteiger partial charge in [0.2, 0.25) is 0 Å². The Bertz CT molecular complexity index is 201. The highest BCUT2D eigenvalue weighted by molar-refractivity contribution is 9.09. The van der Waals surface area contributed by atoms with E-state index in [0.29, 0.717) is 5.41 Å². The van der Waals surface area contributed by atoms with Crippen LogP contribution in [-0.2, 0) is 0 Å². The number of halogens is 1. The Morgan fingerprint density at radius 2 is 1.42 bits per heavy atom. The van der Waals surface area contributed by atoms with Gasteiger partial charge in [-0.3, -0.25) is 0 Å². The van der Waals surface area contributed by atoms with Crippen molar-refractivity contribution < 1.29 is 0 Å². The molecule has 116 valence electrons. The zero-order chi connectivity index (χ0) is 14.7. The maximum Gasteiger partial charge on any atom is 0.0109 e. The zero-order valence-electron chi connectivity index (χ0n) is 13.8. The van der Waals surface area contributed by atoms with E-state index in [1.165, 1.54) is 51.7 Å². The summed E-state index contributed by atoms with van der Waals surface area (Å²) in [5, 5.41) is 1.14. The van der Waals surface area contributed by atoms with E-state index in [-0.39, 0.29) is 0 Å². The van der Waals surface area contributed by atoms with Crippen LogP contribution in [0.1, 0.15) is 52.9 Å². The van der Waals surface area contributed by atoms with E-state index in [1.54, 1.807) is 0 Å². The Balaban J connectivity index is 4.60. The monoisotopic (exact) mass is 334 g/mol. The van der Waals surface area contributed by atoms with Crippen LogP contribution in [0.15, 0.2) is 0 Å². The molecule has 2 nitrogen and oxygen atoms in total. The maximum atomic E-state index is 3.80. The lowest BCUT2D eigenvalue weighted by Crippen LogP contribution is -2.42. The smallest absolute Gasteiger partial charge is 0.0109 e. The fourth-order valence-corrected chi connectivity index (χ4v) is 3.66. The van der Waals surface area contributed by atoms with Gasteiger partial charge < -0.3 is 9.80 Å². The van der Waals surface area contributed by atoms with E-state index in [0.717, 1.165) is 11.9 Å². The van der Waals surface area contributed by atoms with Crippen molar-refractivity contribution >= 4 is 15.9 Å². The summed E-state index contributed by atoms with van der Waals surface area (Å²) in [7, 11) is 4.33. The van der Waals surface area contributed by atoms with Gasteiger partial charge in [0.25, 0.3) is 0 Å². The van der Waals surface area contributed by atoms with Gasteiger partial charge in [0.05, 0.1) is 0 Å². The van der Waals surface area contributed by atoms with Crippen LogP contribution in [0.25, 0.3) is 0 Å². The molecule has 0 aliphatic rings. The van der Waals surface area contributed by atoms with E-state index in [2.05, 4.69) is 60.6 Å². The molecule has 0 aromatic rings. The summed E-state index contributed by atoms with van der Waals surface area (Å²) >= 11 is 3.80. The van der Waals surface area contributed by atoms with Gasteiger partial charge in [0.15, 0.2) is 0 Å². The molecule has 3 heteroatoms. The van der Waals surface area contributed by atoms with Gasteiger partial charge in [-0.15, -0.1) is 0 Å². The van der Waals surface area contributed by atoms with Gasteiger partial charge in [0, 0.05) is 25.0 Å². The van der Waals surface area contributed by atoms with Crippen molar-refractivity contribution in [1.82, 2.24) is 9.80 Å². The average Bonchev–Trinajstić information content (AvgIpc) is 2.36. The number of nitrogens with zero attached hydrogens (tertiary/aromatic N) is 2. The second-order valence-electron chi connectivity index (χ2n) is 6.21. The normalized spacial score (nSPS) is 12.6. The Morgan fingerprint density at radius 1 is 0.842 bits per heavy atom. The third-order valence-corrected chi connectivity index (χ3v) is 5.00. The lowest BCUT2D eigenvalue weighted by Gasteiger charge is -2.37. The van der Waals surface area contributed by atoms with Crippen LogP contribution in [0.4, 0.5) is 0 Å². The van der Waals surface area contributed by atoms with Crippen LogP contribution in [0.2, 0.25) is 0 Å². The van der Waals surface area contributed by atoms with Crippen LogP contribution in [0.3, 0.4) is 0 Å². The molecule has 0 spiro atoms. The standard InChI is InChI=1S/C16H35BrN2/c1-6-9-16(14-17,10-7-2)15-19(11-8-3)13-12-18(4)5/h6-15H2,1-5H3. The summed E-state index contributed by atoms with van der Waals surface area (Å²) in [6.45, 7) is 11.8. The van der Waals surface area contributed by atoms with E-state index in [9.17, 15) is 0 Å². The number of likely N-dealkylation sites (N-methyl/N-ethyl adjacent to an activating group) is 1. The van der Waals surface area contributed by atoms with Crippen LogP contribution in [0, 0.1) is 5.41 Å². The van der Waals surface area contributed by atoms with Crippen molar-refractivity contribution in [3.05, 3.63) is 0 Å². The number of rotatable bonds is 12. The first-order valence-corrected chi connectivity index (χ1v) is 9.08. The highest BCUT2D eigenvalue weighted by atomic mass is 79.9. The van der Waals surface area contributed by atoms with Gasteiger partial charge in [-0.05, 0) is 45.3 Å². The van der Waals surface area contributed by atoms with Crippen LogP contribution in [-0.4, -0.2) is 55.4 Å². The number of hydrogen-bond donors (Lipinski definition) is 0. The molecule has 0 unspecified atom stereocenters. The molecule has 0 aliphatic carbocycles. The van der Waals surface area contributed by atoms with Gasteiger partial charge in [-0.2, -0.15) is 0 Å². The molecule has 0 N–H and O–H groups in total. The first kappa shape index (κ1) is 19.4. The van der Waals surface area contributed by atoms with E-state index in [4.69, 9.17) is 0 Å². The molecule has 0 aliphatic heterocycles. The minimum atomic E-state index is 0.477. The lowest BCUT2D eigenvalue weighted by molar-refractivity contribution is 0.138. The molecular formula is C16H35BrN2. The van der Waals surface area contributed by atoms with Gasteiger partial charge in [-0.1, -0.05) is 49.5 Å². The van der Waals surface area contributed by atoms with Crippen LogP contribution >= 0.6 is 15.9 Å². The van der Waals surface area contributed by atoms with E-state index < -0.39 is 0 Å². The Kier molecular flexibility index (Phi) is 11.3. The second-order valence-corrected chi connectivity index (χ2v) is 6.77. The van der Waals surface area contributed by atoms with Crippen molar-refractivity contribution in [2.45, 2.75) is 52.9 Å². The summed E-state index contributed by atoms with van der Waals surface area (Å²) in [6, 6.07) is 0. The summed E-state index contributed by atoms with van der Waals surface area (Å²) in [5.74, 6) is 0. The van der Waals surface area contributed by atoms with Crippen molar-refractivity contribution in [2.75, 3.05) is 45.6 Å². The molecule has 0 rings (SSSR count). The first-order chi connectivity index (χ1) is 9.03. The van der Waals surface area contributed by atoms with E-state index >= 15 is 0 Å². The molecule has 0 amide bonds. The molecule has 0 aromatic heterocycles. The molecule has 19 heavy (non-hydrogen) atoms. The van der Waals surface area contributed by atoms with Crippen molar-refractivity contribution in [1.29, 1.82) is 0 Å². The predicted octanol–water partition coefficient (Wildman–Crippen LogP) is 4.24. The topological polar surface area (TPSA) is 6.48 Å². The van der Waals surface area contributed by atoms with Crippen molar-refractivity contribution in [2.24, 2.45) is 5.41 Å². The fraction of sp³-hybridized carbons (Fsp3) is 1.00. The molecule has 0 aromatic carbocycles. The molecule has 0 heterocycles. The van der Waals surface area contributed by atoms with Gasteiger partial charge >= 0.3 is 0 Å². The molecular weight excluding hydrogens is 300 g/mol. The minimum Gasteiger partial charge on any atom is -0.308 e. The van der Waals surface area contributed by atoms with Crippen molar-refractivity contribution in [3.8, 4) is 0 Å². The second kappa shape index (κ2) is 11.1. The Morgan fingerprint density at radius 3 is 1.79 bits per heavy atom. The molecule has 0 fully saturated rings. The highest BCUT2D eigenvalue weighted by Gasteiger charge is 2.29. The molecule has 0 atom stereocenters. The first-order valence-electron chi connectivity index (χ1n) is 7.96. The number of alkyl halides is 1. The Hall–Kier alpha value is 0.400. The molecule has 0 saturated carbocycles. The lowest BCUT2D eigenvalue weighted by atomic mass is 9.80. The SMILES string of the molecule is CCCN(CCN(C)C)CC(CBr)(CCC)CCC. The fourth-order valence-electron chi connectivity index (χ4n) is 2.92. The number of hydrogen-bond acceptors (Lipinski definition) is 2. The van der Waals surface area contributed by atoms with Crippen LogP contribution in [0.5, 0.6) is 0 Å². The van der Waals surface area contributed by atoms with Crippen LogP contribution < -0.4 is 0 Å². The predicted molar refractivity (Wildman–Crippen MR) is 91.3 cm³/mol. The largest absolute Gasteiger partial charge is 0.308 e. The molecule has 0 radical (unpaired) electrons. The highest BCUT2D eigenvalue weighted by Crippen LogP contribution is 2.33. The van der Waals surface area contributed by atoms with Crippen molar-refractivity contribution in [3.63, 3.8) is 0 Å². The zero-order valence-corrected chi connectivity index (χ0v) is 15.4. The quantitative estimate of drug-likeness (QED) is 0.492. The molecule has 0 saturated heterocycles. The summed E-state index contributed by atoms with van der Waals surface area (Å²) in [6.07, 6.45) is 6.52. The maximum absolute atomic E-state index is 3.80. The Labute approximate surface area is 130 Å². The summed E-state index contributed by atoms with van der Waals surface area (Å²) in [4.78, 5) is 4.96. The van der Waals surface area contributed by atoms with E-state index in [1.807, 2.05) is 0 Å². The summed E-state index contributed by atoms with van der Waals surface area (Å²) in [5.41, 5.74) is 0.477. The van der Waals surface area contributed by atoms with Gasteiger partial charge in [0.1, 0.15) is 0 Å². The third-order valence-electron chi connectivity index (χ3n) is 3.81. The average molecular weight is 335 g/mol. The summed E-state index contributed by atoms with van der Waals surface area (Å²) < 4.78 is 0. The third kappa shape index (κ3) is 8.31. The minimum absolute atomic E-state index is 0.477.